The molecule has 164 valence electrons. The first-order valence-corrected chi connectivity index (χ1v) is 11.9. The van der Waals surface area contributed by atoms with E-state index in [2.05, 4.69) is 4.57 Å². The number of benzene rings is 3. The summed E-state index contributed by atoms with van der Waals surface area (Å²) in [4.78, 5) is 27.2. The Morgan fingerprint density at radius 3 is 2.45 bits per heavy atom. The molecule has 0 bridgehead atoms. The van der Waals surface area contributed by atoms with Crippen molar-refractivity contribution in [2.45, 2.75) is 6.54 Å². The second-order valence-electron chi connectivity index (χ2n) is 7.46. The Balaban J connectivity index is 1.53. The minimum atomic E-state index is -0.371. The minimum Gasteiger partial charge on any atom is -0.342 e. The number of carbonyl (C=O) groups is 2. The lowest BCUT2D eigenvalue weighted by molar-refractivity contribution is -0.113. The van der Waals surface area contributed by atoms with Gasteiger partial charge in [-0.05, 0) is 59.8 Å². The van der Waals surface area contributed by atoms with Gasteiger partial charge in [0, 0.05) is 44.3 Å². The van der Waals surface area contributed by atoms with Gasteiger partial charge in [-0.1, -0.05) is 65.1 Å². The van der Waals surface area contributed by atoms with Gasteiger partial charge in [0.15, 0.2) is 0 Å². The standard InChI is InChI=1S/C25H15Cl3N2O2S/c26-17-4-3-5-19(11-17)30-24(31)23(33-25(30)32)10-16-14-29(22-7-2-1-6-20(16)22)13-15-8-9-18(27)12-21(15)28/h1-12,14H,13H2/b23-10+. The maximum atomic E-state index is 13.1. The number of anilines is 1. The molecule has 1 aliphatic heterocycles. The Labute approximate surface area is 209 Å². The van der Waals surface area contributed by atoms with E-state index in [-0.39, 0.29) is 11.1 Å². The highest BCUT2D eigenvalue weighted by atomic mass is 35.5. The van der Waals surface area contributed by atoms with Crippen molar-refractivity contribution in [3.63, 3.8) is 0 Å². The van der Waals surface area contributed by atoms with Crippen LogP contribution in [0.1, 0.15) is 11.1 Å². The normalized spacial score (nSPS) is 15.2. The molecule has 4 nitrogen and oxygen atoms in total. The van der Waals surface area contributed by atoms with Crippen LogP contribution >= 0.6 is 46.6 Å². The molecule has 1 fully saturated rings. The van der Waals surface area contributed by atoms with Crippen LogP contribution in [-0.4, -0.2) is 15.7 Å². The summed E-state index contributed by atoms with van der Waals surface area (Å²) in [5, 5.41) is 2.24. The molecule has 1 aliphatic rings. The van der Waals surface area contributed by atoms with Gasteiger partial charge in [-0.15, -0.1) is 0 Å². The van der Waals surface area contributed by atoms with Crippen molar-refractivity contribution in [1.82, 2.24) is 4.57 Å². The SMILES string of the molecule is O=C1S/C(=C/c2cn(Cc3ccc(Cl)cc3Cl)c3ccccc23)C(=O)N1c1cccc(Cl)c1. The molecule has 1 aromatic heterocycles. The first kappa shape index (κ1) is 22.1. The number of halogens is 3. The highest BCUT2D eigenvalue weighted by molar-refractivity contribution is 8.19. The third-order valence-corrected chi connectivity index (χ3v) is 7.01. The largest absolute Gasteiger partial charge is 0.342 e. The van der Waals surface area contributed by atoms with Gasteiger partial charge in [-0.3, -0.25) is 9.59 Å². The van der Waals surface area contributed by atoms with E-state index in [1.165, 1.54) is 0 Å². The molecule has 0 spiro atoms. The molecule has 8 heteroatoms. The molecule has 0 radical (unpaired) electrons. The molecule has 1 saturated heterocycles. The molecular formula is C25H15Cl3N2O2S. The fourth-order valence-corrected chi connectivity index (χ4v) is 5.29. The highest BCUT2D eigenvalue weighted by Crippen LogP contribution is 2.37. The molecule has 2 amide bonds. The fourth-order valence-electron chi connectivity index (χ4n) is 3.80. The number of nitrogens with zero attached hydrogens (tertiary/aromatic N) is 2. The molecule has 2 heterocycles. The second-order valence-corrected chi connectivity index (χ2v) is 9.74. The lowest BCUT2D eigenvalue weighted by Crippen LogP contribution is -2.27. The van der Waals surface area contributed by atoms with Crippen LogP contribution in [0.15, 0.2) is 77.8 Å². The zero-order valence-corrected chi connectivity index (χ0v) is 20.1. The molecule has 33 heavy (non-hydrogen) atoms. The first-order chi connectivity index (χ1) is 15.9. The van der Waals surface area contributed by atoms with Crippen LogP contribution in [0.4, 0.5) is 10.5 Å². The van der Waals surface area contributed by atoms with Crippen LogP contribution in [0.25, 0.3) is 17.0 Å². The van der Waals surface area contributed by atoms with Gasteiger partial charge < -0.3 is 4.57 Å². The third-order valence-electron chi connectivity index (χ3n) is 5.32. The fraction of sp³-hybridized carbons (Fsp3) is 0.0400. The molecule has 0 aliphatic carbocycles. The number of thioether (sulfide) groups is 1. The summed E-state index contributed by atoms with van der Waals surface area (Å²) >= 11 is 19.4. The summed E-state index contributed by atoms with van der Waals surface area (Å²) in [5.74, 6) is -0.371. The Morgan fingerprint density at radius 2 is 1.67 bits per heavy atom. The number of aromatic nitrogens is 1. The van der Waals surface area contributed by atoms with E-state index in [1.54, 1.807) is 42.5 Å². The summed E-state index contributed by atoms with van der Waals surface area (Å²) in [6.45, 7) is 0.536. The van der Waals surface area contributed by atoms with Crippen LogP contribution in [-0.2, 0) is 11.3 Å². The van der Waals surface area contributed by atoms with E-state index in [0.717, 1.165) is 38.7 Å². The van der Waals surface area contributed by atoms with Gasteiger partial charge in [-0.25, -0.2) is 4.90 Å². The number of fused-ring (bicyclic) bond motifs is 1. The Morgan fingerprint density at radius 1 is 0.879 bits per heavy atom. The molecule has 0 saturated carbocycles. The Bertz CT molecular complexity index is 1460. The van der Waals surface area contributed by atoms with Gasteiger partial charge in [0.1, 0.15) is 0 Å². The van der Waals surface area contributed by atoms with Crippen molar-refractivity contribution in [3.8, 4) is 0 Å². The minimum absolute atomic E-state index is 0.354. The van der Waals surface area contributed by atoms with Crippen LogP contribution in [0.2, 0.25) is 15.1 Å². The Kier molecular flexibility index (Phi) is 5.97. The van der Waals surface area contributed by atoms with Gasteiger partial charge >= 0.3 is 0 Å². The maximum Gasteiger partial charge on any atom is 0.298 e. The maximum absolute atomic E-state index is 13.1. The van der Waals surface area contributed by atoms with Gasteiger partial charge in [0.25, 0.3) is 11.1 Å². The summed E-state index contributed by atoms with van der Waals surface area (Å²) in [5.41, 5.74) is 3.21. The summed E-state index contributed by atoms with van der Waals surface area (Å²) < 4.78 is 2.07. The topological polar surface area (TPSA) is 42.3 Å². The van der Waals surface area contributed by atoms with Crippen LogP contribution in [0.5, 0.6) is 0 Å². The molecule has 0 unspecified atom stereocenters. The van der Waals surface area contributed by atoms with E-state index >= 15 is 0 Å². The number of hydrogen-bond donors (Lipinski definition) is 0. The smallest absolute Gasteiger partial charge is 0.298 e. The lowest BCUT2D eigenvalue weighted by atomic mass is 10.1. The molecule has 0 atom stereocenters. The van der Waals surface area contributed by atoms with E-state index < -0.39 is 0 Å². The molecule has 5 rings (SSSR count). The van der Waals surface area contributed by atoms with E-state index in [9.17, 15) is 9.59 Å². The van der Waals surface area contributed by atoms with Crippen molar-refractivity contribution >= 4 is 80.4 Å². The molecular weight excluding hydrogens is 499 g/mol. The quantitative estimate of drug-likeness (QED) is 0.261. The predicted octanol–water partition coefficient (Wildman–Crippen LogP) is 7.89. The van der Waals surface area contributed by atoms with Crippen LogP contribution in [0.3, 0.4) is 0 Å². The zero-order chi connectivity index (χ0) is 23.1. The van der Waals surface area contributed by atoms with E-state index in [0.29, 0.717) is 32.2 Å². The van der Waals surface area contributed by atoms with Crippen LogP contribution in [0, 0.1) is 0 Å². The van der Waals surface area contributed by atoms with Crippen molar-refractivity contribution in [3.05, 3.63) is 104 Å². The second kappa shape index (κ2) is 8.92. The lowest BCUT2D eigenvalue weighted by Gasteiger charge is -2.12. The van der Waals surface area contributed by atoms with Gasteiger partial charge in [-0.2, -0.15) is 0 Å². The number of rotatable bonds is 4. The molecule has 0 N–H and O–H groups in total. The van der Waals surface area contributed by atoms with Gasteiger partial charge in [0.05, 0.1) is 10.6 Å². The predicted molar refractivity (Wildman–Crippen MR) is 137 cm³/mol. The number of imide groups is 1. The highest BCUT2D eigenvalue weighted by Gasteiger charge is 2.36. The summed E-state index contributed by atoms with van der Waals surface area (Å²) in [6.07, 6.45) is 3.72. The van der Waals surface area contributed by atoms with E-state index in [4.69, 9.17) is 34.8 Å². The number of carbonyl (C=O) groups excluding carboxylic acids is 2. The molecule has 3 aromatic carbocycles. The van der Waals surface area contributed by atoms with Crippen molar-refractivity contribution in [2.75, 3.05) is 4.90 Å². The van der Waals surface area contributed by atoms with E-state index in [1.807, 2.05) is 36.5 Å². The average Bonchev–Trinajstić information content (AvgIpc) is 3.27. The Hall–Kier alpha value is -2.70. The number of hydrogen-bond acceptors (Lipinski definition) is 3. The number of amides is 2. The third kappa shape index (κ3) is 4.30. The average molecular weight is 514 g/mol. The van der Waals surface area contributed by atoms with Crippen molar-refractivity contribution in [1.29, 1.82) is 0 Å². The van der Waals surface area contributed by atoms with Crippen molar-refractivity contribution in [2.24, 2.45) is 0 Å². The first-order valence-electron chi connectivity index (χ1n) is 9.96. The monoisotopic (exact) mass is 512 g/mol. The van der Waals surface area contributed by atoms with Crippen molar-refractivity contribution < 1.29 is 9.59 Å². The summed E-state index contributed by atoms with van der Waals surface area (Å²) in [6, 6.07) is 20.0. The molecule has 4 aromatic rings. The van der Waals surface area contributed by atoms with Crippen LogP contribution < -0.4 is 4.90 Å². The zero-order valence-electron chi connectivity index (χ0n) is 17.0. The number of para-hydroxylation sites is 1. The summed E-state index contributed by atoms with van der Waals surface area (Å²) in [7, 11) is 0. The van der Waals surface area contributed by atoms with Gasteiger partial charge in [0.2, 0.25) is 0 Å².